The molecule has 8 aromatic rings. The van der Waals surface area contributed by atoms with Crippen molar-refractivity contribution in [3.63, 3.8) is 0 Å². The van der Waals surface area contributed by atoms with Crippen molar-refractivity contribution >= 4 is 74.4 Å². The summed E-state index contributed by atoms with van der Waals surface area (Å²) in [5.74, 6) is -0.404. The van der Waals surface area contributed by atoms with Gasteiger partial charge in [0.2, 0.25) is 0 Å². The van der Waals surface area contributed by atoms with Crippen LogP contribution in [0.4, 0.5) is 0 Å². The van der Waals surface area contributed by atoms with Gasteiger partial charge in [-0.05, 0) is 95.8 Å². The van der Waals surface area contributed by atoms with E-state index < -0.39 is 22.9 Å². The van der Waals surface area contributed by atoms with Gasteiger partial charge in [0.1, 0.15) is 11.0 Å². The third-order valence-electron chi connectivity index (χ3n) is 10.9. The van der Waals surface area contributed by atoms with Crippen molar-refractivity contribution in [2.45, 2.75) is 45.9 Å². The van der Waals surface area contributed by atoms with Gasteiger partial charge in [-0.15, -0.1) is 0 Å². The van der Waals surface area contributed by atoms with Gasteiger partial charge in [0.25, 0.3) is 11.1 Å². The number of carbonyl (C=O) groups excluding carboxylic acids is 1. The van der Waals surface area contributed by atoms with Crippen molar-refractivity contribution in [3.8, 4) is 22.5 Å². The maximum absolute atomic E-state index is 13.6. The van der Waals surface area contributed by atoms with Crippen LogP contribution in [0.5, 0.6) is 0 Å². The molecule has 0 aliphatic heterocycles. The number of esters is 1. The molecule has 0 atom stereocenters. The van der Waals surface area contributed by atoms with Gasteiger partial charge in [0.15, 0.2) is 0 Å². The molecular formula is C48H47Cl4LiN6O9. The number of aliphatic hydroxyl groups is 1. The van der Waals surface area contributed by atoms with Crippen LogP contribution in [0.15, 0.2) is 128 Å². The maximum Gasteiger partial charge on any atom is 1.00 e. The molecule has 4 aromatic heterocycles. The second-order valence-electron chi connectivity index (χ2n) is 15.3. The summed E-state index contributed by atoms with van der Waals surface area (Å²) in [6, 6.07) is 33.2. The molecule has 0 spiro atoms. The molecule has 0 amide bonds. The van der Waals surface area contributed by atoms with E-state index in [1.165, 1.54) is 25.2 Å². The van der Waals surface area contributed by atoms with Crippen LogP contribution in [0.2, 0.25) is 20.1 Å². The second kappa shape index (κ2) is 24.1. The summed E-state index contributed by atoms with van der Waals surface area (Å²) in [6.45, 7) is 2.43. The number of aliphatic hydroxyl groups excluding tert-OH is 1. The number of fused-ring (bicyclic) bond motifs is 2. The van der Waals surface area contributed by atoms with Crippen LogP contribution < -0.4 is 41.4 Å². The minimum atomic E-state index is -0.429. The number of halogens is 4. The first-order valence-electron chi connectivity index (χ1n) is 20.6. The number of ether oxygens (including phenoxy) is 1. The third kappa shape index (κ3) is 12.0. The topological polar surface area (TPSA) is 206 Å². The Hall–Kier alpha value is -5.57. The fourth-order valence-corrected chi connectivity index (χ4v) is 8.37. The van der Waals surface area contributed by atoms with Gasteiger partial charge in [-0.1, -0.05) is 94.9 Å². The van der Waals surface area contributed by atoms with Crippen LogP contribution in [0.1, 0.15) is 30.9 Å². The van der Waals surface area contributed by atoms with E-state index in [4.69, 9.17) is 51.1 Å². The molecule has 4 N–H and O–H groups in total. The van der Waals surface area contributed by atoms with Crippen LogP contribution in [-0.2, 0) is 49.8 Å². The first-order valence-corrected chi connectivity index (χ1v) is 22.1. The van der Waals surface area contributed by atoms with Crippen LogP contribution in [0.3, 0.4) is 0 Å². The summed E-state index contributed by atoms with van der Waals surface area (Å²) in [7, 11) is 3.29. The summed E-state index contributed by atoms with van der Waals surface area (Å²) >= 11 is 24.6. The number of aromatic nitrogens is 6. The molecule has 4 aromatic carbocycles. The number of hydrogen-bond donors (Lipinski definition) is 1. The molecule has 0 bridgehead atoms. The number of carbonyl (C=O) groups is 1. The quantitative estimate of drug-likeness (QED) is 0.0995. The normalized spacial score (nSPS) is 10.8. The molecule has 0 fully saturated rings. The summed E-state index contributed by atoms with van der Waals surface area (Å²) < 4.78 is 14.1. The zero-order valence-electron chi connectivity index (χ0n) is 37.6. The van der Waals surface area contributed by atoms with Gasteiger partial charge in [0, 0.05) is 73.9 Å². The molecule has 0 saturated carbocycles. The van der Waals surface area contributed by atoms with Gasteiger partial charge in [-0.25, -0.2) is 9.59 Å². The van der Waals surface area contributed by atoms with Crippen molar-refractivity contribution in [3.05, 3.63) is 182 Å². The smallest absolute Gasteiger partial charge is 0.870 e. The Morgan fingerprint density at radius 1 is 0.574 bits per heavy atom. The standard InChI is InChI=1S/C25H23Cl2N3O4.C23H21Cl2N3O3.Li.2H2O/c1-16(31)34-12-4-11-29-24(32)23-22(28(2)25(29)33)14-21(18-5-3-6-20(27)13-18)30(23)15-17-7-9-19(26)10-8-17;1-26-20-13-19(16-4-2-5-18(25)12-16)28(14-15-6-8-17(24)9-7-15)21(20)22(30)27(23(26)31)10-3-11-29;;;/h3,5-10,13-14H,4,11-12,15H2,1-2H3;2,4-9,12-13,29H,3,10-11,14H2,1H3;;2*1H2/q;;+1;;/p-1. The zero-order chi connectivity index (χ0) is 46.5. The van der Waals surface area contributed by atoms with Gasteiger partial charge < -0.3 is 29.9 Å². The predicted octanol–water partition coefficient (Wildman–Crippen LogP) is 4.39. The van der Waals surface area contributed by atoms with Crippen molar-refractivity contribution in [2.75, 3.05) is 13.2 Å². The largest absolute Gasteiger partial charge is 1.00 e. The summed E-state index contributed by atoms with van der Waals surface area (Å²) in [4.78, 5) is 63.8. The molecule has 352 valence electrons. The van der Waals surface area contributed by atoms with E-state index in [1.54, 1.807) is 50.5 Å². The van der Waals surface area contributed by atoms with Crippen molar-refractivity contribution in [1.29, 1.82) is 0 Å². The summed E-state index contributed by atoms with van der Waals surface area (Å²) in [5.41, 5.74) is 5.37. The summed E-state index contributed by atoms with van der Waals surface area (Å²) in [5, 5.41) is 11.6. The Morgan fingerprint density at radius 3 is 1.34 bits per heavy atom. The van der Waals surface area contributed by atoms with E-state index in [2.05, 4.69) is 0 Å². The van der Waals surface area contributed by atoms with Crippen molar-refractivity contribution in [2.24, 2.45) is 14.1 Å². The van der Waals surface area contributed by atoms with Gasteiger partial charge in [-0.3, -0.25) is 32.7 Å². The Kier molecular flexibility index (Phi) is 19.5. The number of rotatable bonds is 13. The molecule has 4 heterocycles. The first-order chi connectivity index (χ1) is 31.2. The van der Waals surface area contributed by atoms with E-state index in [0.717, 1.165) is 33.6 Å². The predicted molar refractivity (Wildman–Crippen MR) is 263 cm³/mol. The zero-order valence-corrected chi connectivity index (χ0v) is 40.6. The molecule has 20 heteroatoms. The molecule has 0 saturated heterocycles. The fourth-order valence-electron chi connectivity index (χ4n) is 7.74. The molecule has 0 aliphatic rings. The van der Waals surface area contributed by atoms with Crippen LogP contribution in [0.25, 0.3) is 44.6 Å². The molecular weight excluding hydrogens is 953 g/mol. The Bertz CT molecular complexity index is 3300. The molecule has 0 aliphatic carbocycles. The van der Waals surface area contributed by atoms with Crippen LogP contribution in [0, 0.1) is 0 Å². The first kappa shape index (κ1) is 55.0. The molecule has 15 nitrogen and oxygen atoms in total. The molecule has 8 rings (SSSR count). The molecule has 68 heavy (non-hydrogen) atoms. The number of nitrogens with zero attached hydrogens (tertiary/aromatic N) is 6. The van der Waals surface area contributed by atoms with E-state index in [1.807, 2.05) is 81.9 Å². The van der Waals surface area contributed by atoms with Gasteiger partial charge >= 0.3 is 36.2 Å². The molecule has 0 radical (unpaired) electrons. The Balaban J connectivity index is 0.000000285. The SMILES string of the molecule is CC(=O)OCCCn1c(=O)c2c(cc(-c3cccc(Cl)c3)n2Cc2ccc(Cl)cc2)n(C)c1=O.Cn1c(=O)n(CCCO)c(=O)c2c1cc(-c1cccc(Cl)c1)n2Cc1ccc(Cl)cc1.O.[Li+].[OH-]. The van der Waals surface area contributed by atoms with Gasteiger partial charge in [-0.2, -0.15) is 0 Å². The van der Waals surface area contributed by atoms with Gasteiger partial charge in [0.05, 0.1) is 29.0 Å². The van der Waals surface area contributed by atoms with Crippen molar-refractivity contribution in [1.82, 2.24) is 27.4 Å². The van der Waals surface area contributed by atoms with E-state index in [-0.39, 0.29) is 61.7 Å². The number of hydrogen-bond acceptors (Lipinski definition) is 8. The maximum atomic E-state index is 13.6. The number of aryl methyl sites for hydroxylation is 2. The Morgan fingerprint density at radius 2 is 0.971 bits per heavy atom. The third-order valence-corrected chi connectivity index (χ3v) is 11.9. The van der Waals surface area contributed by atoms with Crippen LogP contribution in [-0.4, -0.2) is 62.6 Å². The second-order valence-corrected chi connectivity index (χ2v) is 17.1. The minimum absolute atomic E-state index is 0. The number of benzene rings is 4. The minimum Gasteiger partial charge on any atom is -0.870 e. The monoisotopic (exact) mass is 998 g/mol. The van der Waals surface area contributed by atoms with Crippen LogP contribution >= 0.6 is 46.4 Å². The van der Waals surface area contributed by atoms with Crippen molar-refractivity contribution < 1.29 is 44.5 Å². The fraction of sp³-hybridized carbons (Fsp3) is 0.229. The average molecular weight is 1000 g/mol. The van der Waals surface area contributed by atoms with E-state index in [0.29, 0.717) is 68.1 Å². The summed E-state index contributed by atoms with van der Waals surface area (Å²) in [6.07, 6.45) is 0.666. The van der Waals surface area contributed by atoms with E-state index in [9.17, 15) is 29.1 Å². The van der Waals surface area contributed by atoms with E-state index >= 15 is 0 Å². The molecule has 0 unspecified atom stereocenters. The Labute approximate surface area is 421 Å². The average Bonchev–Trinajstić information content (AvgIpc) is 3.86.